The van der Waals surface area contributed by atoms with Crippen LogP contribution in [0.2, 0.25) is 0 Å². The van der Waals surface area contributed by atoms with Crippen LogP contribution in [0, 0.1) is 6.92 Å². The van der Waals surface area contributed by atoms with E-state index in [0.29, 0.717) is 5.56 Å². The van der Waals surface area contributed by atoms with Crippen LogP contribution >= 0.6 is 0 Å². The summed E-state index contributed by atoms with van der Waals surface area (Å²) >= 11 is 0. The van der Waals surface area contributed by atoms with E-state index in [1.807, 2.05) is 13.0 Å². The fourth-order valence-electron chi connectivity index (χ4n) is 1.71. The summed E-state index contributed by atoms with van der Waals surface area (Å²) in [6, 6.07) is 15.2. The Labute approximate surface area is 128 Å². The summed E-state index contributed by atoms with van der Waals surface area (Å²) in [4.78, 5) is 2.24. The molecule has 0 heterocycles. The predicted molar refractivity (Wildman–Crippen MR) is 84.8 cm³/mol. The summed E-state index contributed by atoms with van der Waals surface area (Å²) in [6.07, 6.45) is 1.06. The highest BCUT2D eigenvalue weighted by molar-refractivity contribution is 7.89. The first-order chi connectivity index (χ1) is 10.5. The zero-order valence-corrected chi connectivity index (χ0v) is 12.7. The maximum atomic E-state index is 12.2. The number of sulfonamides is 1. The molecule has 6 nitrogen and oxygen atoms in total. The average Bonchev–Trinajstić information content (AvgIpc) is 2.53. The van der Waals surface area contributed by atoms with E-state index in [2.05, 4.69) is 15.1 Å². The van der Waals surface area contributed by atoms with Crippen LogP contribution in [0.5, 0.6) is 0 Å². The number of hydrazone groups is 1. The minimum atomic E-state index is -3.78. The van der Waals surface area contributed by atoms with Crippen LogP contribution in [0.1, 0.15) is 11.1 Å². The lowest BCUT2D eigenvalue weighted by Gasteiger charge is -2.05. The van der Waals surface area contributed by atoms with Crippen molar-refractivity contribution in [2.45, 2.75) is 11.8 Å². The SMILES string of the molecule is Cc1ccc(S(=O)(=O)N/N=C(\C=N\O)c2ccccc2)cc1. The van der Waals surface area contributed by atoms with Gasteiger partial charge in [-0.1, -0.05) is 53.2 Å². The van der Waals surface area contributed by atoms with Gasteiger partial charge in [-0.2, -0.15) is 18.4 Å². The molecule has 2 N–H and O–H groups in total. The molecule has 2 aromatic carbocycles. The third-order valence-electron chi connectivity index (χ3n) is 2.87. The molecule has 0 radical (unpaired) electrons. The molecule has 0 bridgehead atoms. The molecule has 0 aliphatic carbocycles. The normalized spacial score (nSPS) is 12.5. The number of hydrogen-bond acceptors (Lipinski definition) is 5. The van der Waals surface area contributed by atoms with Crippen LogP contribution in [0.25, 0.3) is 0 Å². The topological polar surface area (TPSA) is 91.1 Å². The Hall–Kier alpha value is -2.67. The van der Waals surface area contributed by atoms with Crippen molar-refractivity contribution in [2.24, 2.45) is 10.3 Å². The lowest BCUT2D eigenvalue weighted by atomic mass is 10.1. The third kappa shape index (κ3) is 3.92. The maximum absolute atomic E-state index is 12.2. The second-order valence-corrected chi connectivity index (χ2v) is 6.18. The second kappa shape index (κ2) is 6.86. The Bertz CT molecular complexity index is 783. The van der Waals surface area contributed by atoms with E-state index in [1.54, 1.807) is 36.4 Å². The Morgan fingerprint density at radius 1 is 1.09 bits per heavy atom. The summed E-state index contributed by atoms with van der Waals surface area (Å²) in [7, 11) is -3.78. The predicted octanol–water partition coefficient (Wildman–Crippen LogP) is 2.14. The first-order valence-electron chi connectivity index (χ1n) is 6.42. The van der Waals surface area contributed by atoms with Gasteiger partial charge in [0.2, 0.25) is 0 Å². The Balaban J connectivity index is 2.29. The van der Waals surface area contributed by atoms with E-state index in [9.17, 15) is 8.42 Å². The van der Waals surface area contributed by atoms with Crippen LogP contribution in [0.3, 0.4) is 0 Å². The van der Waals surface area contributed by atoms with Crippen molar-refractivity contribution in [3.8, 4) is 0 Å². The number of oxime groups is 1. The summed E-state index contributed by atoms with van der Waals surface area (Å²) in [5.74, 6) is 0. The molecule has 0 saturated heterocycles. The number of nitrogens with zero attached hydrogens (tertiary/aromatic N) is 2. The molecule has 0 spiro atoms. The number of benzene rings is 2. The molecule has 2 rings (SSSR count). The zero-order valence-electron chi connectivity index (χ0n) is 11.8. The largest absolute Gasteiger partial charge is 0.411 e. The summed E-state index contributed by atoms with van der Waals surface area (Å²) in [6.45, 7) is 1.87. The van der Waals surface area contributed by atoms with Gasteiger partial charge in [-0.15, -0.1) is 0 Å². The van der Waals surface area contributed by atoms with Crippen molar-refractivity contribution in [1.29, 1.82) is 0 Å². The van der Waals surface area contributed by atoms with Crippen molar-refractivity contribution in [2.75, 3.05) is 0 Å². The van der Waals surface area contributed by atoms with Crippen LogP contribution in [0.4, 0.5) is 0 Å². The van der Waals surface area contributed by atoms with Gasteiger partial charge >= 0.3 is 0 Å². The van der Waals surface area contributed by atoms with Gasteiger partial charge in [-0.3, -0.25) is 0 Å². The third-order valence-corrected chi connectivity index (χ3v) is 4.09. The molecule has 0 aliphatic heterocycles. The summed E-state index contributed by atoms with van der Waals surface area (Å²) in [5, 5.41) is 15.4. The van der Waals surface area contributed by atoms with Gasteiger partial charge in [0, 0.05) is 5.56 Å². The monoisotopic (exact) mass is 317 g/mol. The van der Waals surface area contributed by atoms with Crippen molar-refractivity contribution in [1.82, 2.24) is 4.83 Å². The molecule has 0 aromatic heterocycles. The number of aryl methyl sites for hydroxylation is 1. The molecule has 0 atom stereocenters. The van der Waals surface area contributed by atoms with Crippen molar-refractivity contribution >= 4 is 21.9 Å². The van der Waals surface area contributed by atoms with Gasteiger partial charge in [0.05, 0.1) is 11.1 Å². The van der Waals surface area contributed by atoms with Crippen molar-refractivity contribution in [3.05, 3.63) is 65.7 Å². The van der Waals surface area contributed by atoms with Crippen LogP contribution in [0.15, 0.2) is 69.7 Å². The highest BCUT2D eigenvalue weighted by Crippen LogP contribution is 2.10. The fourth-order valence-corrected chi connectivity index (χ4v) is 2.53. The molecule has 0 amide bonds. The van der Waals surface area contributed by atoms with Crippen LogP contribution < -0.4 is 4.83 Å². The minimum Gasteiger partial charge on any atom is -0.411 e. The number of rotatable bonds is 5. The van der Waals surface area contributed by atoms with Crippen molar-refractivity contribution in [3.63, 3.8) is 0 Å². The molecule has 0 saturated carbocycles. The van der Waals surface area contributed by atoms with E-state index < -0.39 is 10.0 Å². The smallest absolute Gasteiger partial charge is 0.276 e. The maximum Gasteiger partial charge on any atom is 0.276 e. The fraction of sp³-hybridized carbons (Fsp3) is 0.0667. The van der Waals surface area contributed by atoms with E-state index in [0.717, 1.165) is 11.8 Å². The standard InChI is InChI=1S/C15H15N3O3S/c1-12-7-9-14(10-8-12)22(20,21)18-17-15(11-16-19)13-5-3-2-4-6-13/h2-11,18-19H,1H3/b16-11+,17-15+. The first kappa shape index (κ1) is 15.7. The van der Waals surface area contributed by atoms with Gasteiger partial charge in [0.25, 0.3) is 10.0 Å². The second-order valence-electron chi connectivity index (χ2n) is 4.52. The molecular formula is C15H15N3O3S. The molecule has 0 aliphatic rings. The molecule has 114 valence electrons. The van der Waals surface area contributed by atoms with Gasteiger partial charge < -0.3 is 5.21 Å². The van der Waals surface area contributed by atoms with E-state index >= 15 is 0 Å². The first-order valence-corrected chi connectivity index (χ1v) is 7.90. The Morgan fingerprint density at radius 2 is 1.73 bits per heavy atom. The summed E-state index contributed by atoms with van der Waals surface area (Å²) in [5.41, 5.74) is 1.77. The number of hydrogen-bond donors (Lipinski definition) is 2. The Morgan fingerprint density at radius 3 is 2.32 bits per heavy atom. The lowest BCUT2D eigenvalue weighted by Crippen LogP contribution is -2.21. The van der Waals surface area contributed by atoms with E-state index in [-0.39, 0.29) is 10.6 Å². The zero-order chi connectivity index (χ0) is 16.0. The van der Waals surface area contributed by atoms with E-state index in [4.69, 9.17) is 5.21 Å². The molecular weight excluding hydrogens is 302 g/mol. The number of nitrogens with one attached hydrogen (secondary N) is 1. The van der Waals surface area contributed by atoms with Gasteiger partial charge in [-0.25, -0.2) is 0 Å². The average molecular weight is 317 g/mol. The quantitative estimate of drug-likeness (QED) is 0.503. The highest BCUT2D eigenvalue weighted by atomic mass is 32.2. The van der Waals surface area contributed by atoms with Gasteiger partial charge in [-0.05, 0) is 19.1 Å². The molecule has 0 fully saturated rings. The van der Waals surface area contributed by atoms with Crippen molar-refractivity contribution < 1.29 is 13.6 Å². The molecule has 7 heteroatoms. The Kier molecular flexibility index (Phi) is 4.90. The summed E-state index contributed by atoms with van der Waals surface area (Å²) < 4.78 is 24.3. The minimum absolute atomic E-state index is 0.107. The molecule has 0 unspecified atom stereocenters. The highest BCUT2D eigenvalue weighted by Gasteiger charge is 2.13. The van der Waals surface area contributed by atoms with Gasteiger partial charge in [0.1, 0.15) is 5.71 Å². The molecule has 22 heavy (non-hydrogen) atoms. The lowest BCUT2D eigenvalue weighted by molar-refractivity contribution is 0.322. The molecule has 2 aromatic rings. The van der Waals surface area contributed by atoms with E-state index in [1.165, 1.54) is 12.1 Å². The van der Waals surface area contributed by atoms with Crippen LogP contribution in [-0.2, 0) is 10.0 Å². The van der Waals surface area contributed by atoms with Gasteiger partial charge in [0.15, 0.2) is 0 Å². The van der Waals surface area contributed by atoms with Crippen LogP contribution in [-0.4, -0.2) is 25.6 Å².